The highest BCUT2D eigenvalue weighted by atomic mass is 32.1. The maximum Gasteiger partial charge on any atom is 0.267 e. The number of aryl methyl sites for hydroxylation is 1. The van der Waals surface area contributed by atoms with Crippen molar-refractivity contribution < 1.29 is 13.9 Å². The summed E-state index contributed by atoms with van der Waals surface area (Å²) in [5.41, 5.74) is 2.32. The molecule has 0 unspecified atom stereocenters. The van der Waals surface area contributed by atoms with Crippen molar-refractivity contribution in [2.75, 3.05) is 12.4 Å². The molecule has 27 heavy (non-hydrogen) atoms. The number of ether oxygens (including phenoxy) is 1. The highest BCUT2D eigenvalue weighted by Crippen LogP contribution is 2.34. The lowest BCUT2D eigenvalue weighted by Crippen LogP contribution is -2.12. The Labute approximate surface area is 163 Å². The molecule has 3 aromatic heterocycles. The molecular formula is C19H16FN3O2S2. The monoisotopic (exact) mass is 401 g/mol. The second-order valence-corrected chi connectivity index (χ2v) is 7.86. The second-order valence-electron chi connectivity index (χ2n) is 5.95. The molecule has 0 radical (unpaired) electrons. The Morgan fingerprint density at radius 3 is 2.93 bits per heavy atom. The number of hydrogen-bond acceptors (Lipinski definition) is 5. The van der Waals surface area contributed by atoms with Crippen LogP contribution in [-0.2, 0) is 18.4 Å². The van der Waals surface area contributed by atoms with Gasteiger partial charge in [0.15, 0.2) is 5.13 Å². The van der Waals surface area contributed by atoms with Crippen molar-refractivity contribution in [2.24, 2.45) is 7.05 Å². The first kappa shape index (κ1) is 17.8. The number of rotatable bonds is 5. The predicted molar refractivity (Wildman–Crippen MR) is 107 cm³/mol. The molecule has 0 saturated heterocycles. The molecular weight excluding hydrogens is 385 g/mol. The van der Waals surface area contributed by atoms with Gasteiger partial charge in [-0.25, -0.2) is 9.37 Å². The fourth-order valence-electron chi connectivity index (χ4n) is 2.96. The molecule has 1 aromatic carbocycles. The van der Waals surface area contributed by atoms with Gasteiger partial charge in [0.2, 0.25) is 0 Å². The van der Waals surface area contributed by atoms with Gasteiger partial charge in [0.05, 0.1) is 22.9 Å². The van der Waals surface area contributed by atoms with E-state index in [1.165, 1.54) is 35.8 Å². The fourth-order valence-corrected chi connectivity index (χ4v) is 4.78. The van der Waals surface area contributed by atoms with E-state index in [4.69, 9.17) is 4.74 Å². The molecule has 1 N–H and O–H groups in total. The van der Waals surface area contributed by atoms with Crippen molar-refractivity contribution in [2.45, 2.75) is 6.61 Å². The lowest BCUT2D eigenvalue weighted by Gasteiger charge is -2.04. The van der Waals surface area contributed by atoms with Gasteiger partial charge >= 0.3 is 0 Å². The number of nitrogens with zero attached hydrogens (tertiary/aromatic N) is 2. The van der Waals surface area contributed by atoms with Gasteiger partial charge in [-0.2, -0.15) is 0 Å². The smallest absolute Gasteiger partial charge is 0.267 e. The number of methoxy groups -OCH3 is 1. The van der Waals surface area contributed by atoms with Crippen LogP contribution in [0.4, 0.5) is 9.52 Å². The number of amides is 1. The second kappa shape index (κ2) is 7.22. The SMILES string of the molecule is COCc1c(C(=O)Nc2nc(-c3cccn3C)cs2)sc2cccc(F)c12. The molecule has 8 heteroatoms. The van der Waals surface area contributed by atoms with E-state index in [9.17, 15) is 9.18 Å². The van der Waals surface area contributed by atoms with Crippen LogP contribution in [-0.4, -0.2) is 22.6 Å². The minimum Gasteiger partial charge on any atom is -0.380 e. The zero-order valence-electron chi connectivity index (χ0n) is 14.7. The molecule has 1 amide bonds. The van der Waals surface area contributed by atoms with Crippen LogP contribution in [0.15, 0.2) is 41.9 Å². The van der Waals surface area contributed by atoms with Crippen LogP contribution in [0.1, 0.15) is 15.2 Å². The molecule has 138 valence electrons. The van der Waals surface area contributed by atoms with Crippen LogP contribution >= 0.6 is 22.7 Å². The summed E-state index contributed by atoms with van der Waals surface area (Å²) in [6.07, 6.45) is 1.94. The van der Waals surface area contributed by atoms with E-state index in [2.05, 4.69) is 10.3 Å². The number of thiazole rings is 1. The number of carbonyl (C=O) groups excluding carboxylic acids is 1. The molecule has 0 atom stereocenters. The average molecular weight is 401 g/mol. The first-order valence-electron chi connectivity index (χ1n) is 8.16. The normalized spacial score (nSPS) is 11.2. The first-order valence-corrected chi connectivity index (χ1v) is 9.85. The molecule has 4 rings (SSSR count). The number of halogens is 1. The fraction of sp³-hybridized carbons (Fsp3) is 0.158. The summed E-state index contributed by atoms with van der Waals surface area (Å²) in [4.78, 5) is 17.8. The predicted octanol–water partition coefficient (Wildman–Crippen LogP) is 4.90. The molecule has 0 aliphatic rings. The van der Waals surface area contributed by atoms with Crippen LogP contribution in [0, 0.1) is 5.82 Å². The van der Waals surface area contributed by atoms with Gasteiger partial charge in [-0.3, -0.25) is 10.1 Å². The minimum absolute atomic E-state index is 0.163. The van der Waals surface area contributed by atoms with Crippen molar-refractivity contribution in [1.29, 1.82) is 0 Å². The third-order valence-corrected chi connectivity index (χ3v) is 6.14. The van der Waals surface area contributed by atoms with Gasteiger partial charge < -0.3 is 9.30 Å². The largest absolute Gasteiger partial charge is 0.380 e. The average Bonchev–Trinajstić information content (AvgIpc) is 3.34. The molecule has 0 aliphatic heterocycles. The third-order valence-electron chi connectivity index (χ3n) is 4.19. The quantitative estimate of drug-likeness (QED) is 0.517. The lowest BCUT2D eigenvalue weighted by molar-refractivity contribution is 0.102. The summed E-state index contributed by atoms with van der Waals surface area (Å²) < 4.78 is 22.2. The Bertz CT molecular complexity index is 1130. The number of fused-ring (bicyclic) bond motifs is 1. The van der Waals surface area contributed by atoms with Crippen molar-refractivity contribution in [3.05, 3.63) is 58.2 Å². The van der Waals surface area contributed by atoms with Crippen molar-refractivity contribution in [1.82, 2.24) is 9.55 Å². The minimum atomic E-state index is -0.352. The molecule has 0 aliphatic carbocycles. The molecule has 4 aromatic rings. The highest BCUT2D eigenvalue weighted by Gasteiger charge is 2.21. The van der Waals surface area contributed by atoms with Gasteiger partial charge in [-0.05, 0) is 24.3 Å². The topological polar surface area (TPSA) is 56.1 Å². The molecule has 0 bridgehead atoms. The van der Waals surface area contributed by atoms with Gasteiger partial charge in [0.25, 0.3) is 5.91 Å². The maximum atomic E-state index is 14.3. The number of carbonyl (C=O) groups is 1. The van der Waals surface area contributed by atoms with Crippen LogP contribution in [0.25, 0.3) is 21.5 Å². The number of nitrogens with one attached hydrogen (secondary N) is 1. The Morgan fingerprint density at radius 1 is 1.33 bits per heavy atom. The van der Waals surface area contributed by atoms with Crippen molar-refractivity contribution >= 4 is 43.8 Å². The Balaban J connectivity index is 1.66. The number of thiophene rings is 1. The molecule has 0 spiro atoms. The summed E-state index contributed by atoms with van der Waals surface area (Å²) in [7, 11) is 3.47. The van der Waals surface area contributed by atoms with E-state index >= 15 is 0 Å². The van der Waals surface area contributed by atoms with Crippen LogP contribution in [0.2, 0.25) is 0 Å². The summed E-state index contributed by atoms with van der Waals surface area (Å²) in [5.74, 6) is -0.662. The highest BCUT2D eigenvalue weighted by molar-refractivity contribution is 7.21. The van der Waals surface area contributed by atoms with E-state index in [1.807, 2.05) is 35.3 Å². The molecule has 0 saturated carbocycles. The van der Waals surface area contributed by atoms with E-state index in [1.54, 1.807) is 12.1 Å². The Kier molecular flexibility index (Phi) is 4.77. The molecule has 0 fully saturated rings. The number of anilines is 1. The molecule has 5 nitrogen and oxygen atoms in total. The summed E-state index contributed by atoms with van der Waals surface area (Å²) in [5, 5.41) is 5.67. The summed E-state index contributed by atoms with van der Waals surface area (Å²) in [6, 6.07) is 8.74. The zero-order chi connectivity index (χ0) is 19.0. The van der Waals surface area contributed by atoms with Crippen LogP contribution in [0.3, 0.4) is 0 Å². The molecule has 3 heterocycles. The van der Waals surface area contributed by atoms with E-state index < -0.39 is 0 Å². The zero-order valence-corrected chi connectivity index (χ0v) is 16.3. The number of hydrogen-bond donors (Lipinski definition) is 1. The van der Waals surface area contributed by atoms with Gasteiger partial charge in [-0.15, -0.1) is 22.7 Å². The van der Waals surface area contributed by atoms with E-state index in [-0.39, 0.29) is 18.3 Å². The van der Waals surface area contributed by atoms with Crippen molar-refractivity contribution in [3.8, 4) is 11.4 Å². The van der Waals surface area contributed by atoms with Crippen molar-refractivity contribution in [3.63, 3.8) is 0 Å². The number of aromatic nitrogens is 2. The van der Waals surface area contributed by atoms with Gasteiger partial charge in [0, 0.05) is 41.4 Å². The number of benzene rings is 1. The Hall–Kier alpha value is -2.55. The van der Waals surface area contributed by atoms with E-state index in [0.717, 1.165) is 16.1 Å². The van der Waals surface area contributed by atoms with Gasteiger partial charge in [-0.1, -0.05) is 6.07 Å². The standard InChI is InChI=1S/C19H16FN3O2S2/c1-23-8-4-6-14(23)13-10-26-19(21-13)22-18(24)17-11(9-25-2)16-12(20)5-3-7-15(16)27-17/h3-8,10H,9H2,1-2H3,(H,21,22,24). The van der Waals surface area contributed by atoms with Crippen LogP contribution in [0.5, 0.6) is 0 Å². The van der Waals surface area contributed by atoms with Crippen LogP contribution < -0.4 is 5.32 Å². The Morgan fingerprint density at radius 2 is 2.19 bits per heavy atom. The van der Waals surface area contributed by atoms with Gasteiger partial charge in [0.1, 0.15) is 5.82 Å². The first-order chi connectivity index (χ1) is 13.1. The van der Waals surface area contributed by atoms with E-state index in [0.29, 0.717) is 21.0 Å². The lowest BCUT2D eigenvalue weighted by atomic mass is 10.1. The summed E-state index contributed by atoms with van der Waals surface area (Å²) in [6.45, 7) is 0.163. The summed E-state index contributed by atoms with van der Waals surface area (Å²) >= 11 is 2.60. The maximum absolute atomic E-state index is 14.3. The third kappa shape index (κ3) is 3.27.